The molecule has 1 heterocycles. The van der Waals surface area contributed by atoms with Crippen LogP contribution in [0.25, 0.3) is 0 Å². The quantitative estimate of drug-likeness (QED) is 0.891. The van der Waals surface area contributed by atoms with E-state index in [0.29, 0.717) is 18.5 Å². The van der Waals surface area contributed by atoms with Crippen LogP contribution in [0.5, 0.6) is 0 Å². The number of hydrogen-bond acceptors (Lipinski definition) is 3. The third-order valence-corrected chi connectivity index (χ3v) is 3.40. The third-order valence-electron chi connectivity index (χ3n) is 3.40. The highest BCUT2D eigenvalue weighted by Crippen LogP contribution is 2.24. The average molecular weight is 263 g/mol. The Hall–Kier alpha value is -1.88. The van der Waals surface area contributed by atoms with Gasteiger partial charge in [0.05, 0.1) is 12.5 Å². The van der Waals surface area contributed by atoms with Crippen LogP contribution in [0.3, 0.4) is 0 Å². The van der Waals surface area contributed by atoms with Gasteiger partial charge in [0.1, 0.15) is 0 Å². The van der Waals surface area contributed by atoms with E-state index in [-0.39, 0.29) is 24.5 Å². The van der Waals surface area contributed by atoms with Crippen LogP contribution in [0.1, 0.15) is 23.2 Å². The molecule has 1 aromatic rings. The molecule has 1 aliphatic heterocycles. The predicted molar refractivity (Wildman–Crippen MR) is 68.9 cm³/mol. The van der Waals surface area contributed by atoms with Crippen LogP contribution < -0.4 is 0 Å². The molecular formula is C14H17NO4. The van der Waals surface area contributed by atoms with Gasteiger partial charge in [0.15, 0.2) is 0 Å². The van der Waals surface area contributed by atoms with Gasteiger partial charge in [-0.25, -0.2) is 0 Å². The van der Waals surface area contributed by atoms with Gasteiger partial charge in [0.2, 0.25) is 0 Å². The summed E-state index contributed by atoms with van der Waals surface area (Å²) in [4.78, 5) is 24.9. The van der Waals surface area contributed by atoms with E-state index in [4.69, 9.17) is 9.84 Å². The molecule has 5 nitrogen and oxygen atoms in total. The van der Waals surface area contributed by atoms with Crippen LogP contribution in [0.15, 0.2) is 30.3 Å². The first kappa shape index (κ1) is 13.5. The van der Waals surface area contributed by atoms with Gasteiger partial charge in [0.25, 0.3) is 5.91 Å². The number of carbonyl (C=O) groups is 2. The molecule has 5 heteroatoms. The van der Waals surface area contributed by atoms with E-state index in [0.717, 1.165) is 0 Å². The van der Waals surface area contributed by atoms with Crippen LogP contribution in [0, 0.1) is 0 Å². The molecule has 1 aromatic carbocycles. The highest BCUT2D eigenvalue weighted by Gasteiger charge is 2.36. The minimum Gasteiger partial charge on any atom is -0.481 e. The zero-order valence-corrected chi connectivity index (χ0v) is 10.8. The first-order valence-corrected chi connectivity index (χ1v) is 6.22. The van der Waals surface area contributed by atoms with E-state index in [2.05, 4.69) is 0 Å². The largest absolute Gasteiger partial charge is 0.481 e. The molecular weight excluding hydrogens is 246 g/mol. The number of methoxy groups -OCH3 is 1. The van der Waals surface area contributed by atoms with Crippen molar-refractivity contribution in [2.24, 2.45) is 0 Å². The smallest absolute Gasteiger partial charge is 0.305 e. The van der Waals surface area contributed by atoms with Crippen molar-refractivity contribution in [1.29, 1.82) is 0 Å². The molecule has 0 radical (unpaired) electrons. The third kappa shape index (κ3) is 3.12. The fraction of sp³-hybridized carbons (Fsp3) is 0.429. The van der Waals surface area contributed by atoms with E-state index >= 15 is 0 Å². The Morgan fingerprint density at radius 1 is 1.37 bits per heavy atom. The van der Waals surface area contributed by atoms with Crippen molar-refractivity contribution in [1.82, 2.24) is 4.90 Å². The lowest BCUT2D eigenvalue weighted by atomic mass is 10.1. The lowest BCUT2D eigenvalue weighted by molar-refractivity contribution is -0.137. The number of rotatable bonds is 4. The average Bonchev–Trinajstić information content (AvgIpc) is 2.81. The molecule has 1 aliphatic rings. The SMILES string of the molecule is COC1CC(CC(=O)O)N(C(=O)c2ccccc2)C1. The molecule has 2 unspecified atom stereocenters. The van der Waals surface area contributed by atoms with Crippen molar-refractivity contribution in [2.75, 3.05) is 13.7 Å². The van der Waals surface area contributed by atoms with Gasteiger partial charge in [-0.1, -0.05) is 18.2 Å². The van der Waals surface area contributed by atoms with Gasteiger partial charge in [-0.05, 0) is 18.6 Å². The molecule has 2 rings (SSSR count). The molecule has 0 saturated carbocycles. The van der Waals surface area contributed by atoms with Gasteiger partial charge in [-0.15, -0.1) is 0 Å². The summed E-state index contributed by atoms with van der Waals surface area (Å²) >= 11 is 0. The molecule has 1 N–H and O–H groups in total. The summed E-state index contributed by atoms with van der Waals surface area (Å²) < 4.78 is 5.25. The number of carboxylic acids is 1. The Balaban J connectivity index is 2.16. The molecule has 0 aliphatic carbocycles. The highest BCUT2D eigenvalue weighted by atomic mass is 16.5. The number of likely N-dealkylation sites (tertiary alicyclic amines) is 1. The standard InChI is InChI=1S/C14H17NO4/c1-19-12-7-11(8-13(16)17)15(9-12)14(18)10-5-3-2-4-6-10/h2-6,11-12H,7-9H2,1H3,(H,16,17). The molecule has 19 heavy (non-hydrogen) atoms. The second kappa shape index (κ2) is 5.84. The van der Waals surface area contributed by atoms with E-state index in [1.807, 2.05) is 6.07 Å². The maximum absolute atomic E-state index is 12.4. The number of carboxylic acid groups (broad SMARTS) is 1. The van der Waals surface area contributed by atoms with E-state index in [9.17, 15) is 9.59 Å². The number of aliphatic carboxylic acids is 1. The van der Waals surface area contributed by atoms with Crippen LogP contribution >= 0.6 is 0 Å². The minimum atomic E-state index is -0.896. The van der Waals surface area contributed by atoms with Crippen LogP contribution in [-0.2, 0) is 9.53 Å². The monoisotopic (exact) mass is 263 g/mol. The molecule has 2 atom stereocenters. The summed E-state index contributed by atoms with van der Waals surface area (Å²) in [6.45, 7) is 0.447. The topological polar surface area (TPSA) is 66.8 Å². The number of benzene rings is 1. The summed E-state index contributed by atoms with van der Waals surface area (Å²) in [6, 6.07) is 8.61. The van der Waals surface area contributed by atoms with Crippen molar-refractivity contribution in [3.8, 4) is 0 Å². The zero-order valence-electron chi connectivity index (χ0n) is 10.8. The van der Waals surface area contributed by atoms with Gasteiger partial charge in [-0.2, -0.15) is 0 Å². The lowest BCUT2D eigenvalue weighted by Gasteiger charge is -2.23. The van der Waals surface area contributed by atoms with Crippen LogP contribution in [0.4, 0.5) is 0 Å². The number of nitrogens with zero attached hydrogens (tertiary/aromatic N) is 1. The van der Waals surface area contributed by atoms with Crippen molar-refractivity contribution in [3.05, 3.63) is 35.9 Å². The summed E-state index contributed by atoms with van der Waals surface area (Å²) in [7, 11) is 1.58. The van der Waals surface area contributed by atoms with Crippen molar-refractivity contribution in [2.45, 2.75) is 25.0 Å². The lowest BCUT2D eigenvalue weighted by Crippen LogP contribution is -2.37. The van der Waals surface area contributed by atoms with Crippen LogP contribution in [-0.4, -0.2) is 47.7 Å². The minimum absolute atomic E-state index is 0.0432. The number of hydrogen-bond donors (Lipinski definition) is 1. The molecule has 102 valence electrons. The second-order valence-corrected chi connectivity index (χ2v) is 4.67. The predicted octanol–water partition coefficient (Wildman–Crippen LogP) is 1.39. The normalized spacial score (nSPS) is 22.5. The van der Waals surface area contributed by atoms with Gasteiger partial charge in [0, 0.05) is 25.3 Å². The number of amides is 1. The summed E-state index contributed by atoms with van der Waals surface area (Å²) in [6.07, 6.45) is 0.441. The molecule has 0 aromatic heterocycles. The van der Waals surface area contributed by atoms with Crippen molar-refractivity contribution < 1.29 is 19.4 Å². The Morgan fingerprint density at radius 2 is 2.05 bits per heavy atom. The molecule has 1 amide bonds. The highest BCUT2D eigenvalue weighted by molar-refractivity contribution is 5.94. The zero-order chi connectivity index (χ0) is 13.8. The van der Waals surface area contributed by atoms with Gasteiger partial charge < -0.3 is 14.7 Å². The maximum Gasteiger partial charge on any atom is 0.305 e. The Kier molecular flexibility index (Phi) is 4.16. The van der Waals surface area contributed by atoms with E-state index in [1.54, 1.807) is 36.3 Å². The van der Waals surface area contributed by atoms with E-state index < -0.39 is 5.97 Å². The first-order chi connectivity index (χ1) is 9.11. The molecule has 0 bridgehead atoms. The van der Waals surface area contributed by atoms with Gasteiger partial charge in [-0.3, -0.25) is 9.59 Å². The molecule has 1 saturated heterocycles. The first-order valence-electron chi connectivity index (χ1n) is 6.22. The molecule has 1 fully saturated rings. The van der Waals surface area contributed by atoms with Gasteiger partial charge >= 0.3 is 5.97 Å². The number of ether oxygens (including phenoxy) is 1. The Labute approximate surface area is 111 Å². The Bertz CT molecular complexity index is 460. The van der Waals surface area contributed by atoms with Crippen LogP contribution in [0.2, 0.25) is 0 Å². The maximum atomic E-state index is 12.4. The fourth-order valence-electron chi connectivity index (χ4n) is 2.43. The van der Waals surface area contributed by atoms with Crippen molar-refractivity contribution >= 4 is 11.9 Å². The Morgan fingerprint density at radius 3 is 2.63 bits per heavy atom. The summed E-state index contributed by atoms with van der Waals surface area (Å²) in [5, 5.41) is 8.92. The van der Waals surface area contributed by atoms with E-state index in [1.165, 1.54) is 0 Å². The molecule has 0 spiro atoms. The summed E-state index contributed by atoms with van der Waals surface area (Å²) in [5.74, 6) is -1.03. The number of carbonyl (C=O) groups excluding carboxylic acids is 1. The summed E-state index contributed by atoms with van der Waals surface area (Å²) in [5.41, 5.74) is 0.578. The fourth-order valence-corrected chi connectivity index (χ4v) is 2.43. The second-order valence-electron chi connectivity index (χ2n) is 4.67. The van der Waals surface area contributed by atoms with Crippen molar-refractivity contribution in [3.63, 3.8) is 0 Å².